The topological polar surface area (TPSA) is 72.5 Å². The summed E-state index contributed by atoms with van der Waals surface area (Å²) in [4.78, 5) is 16.6. The van der Waals surface area contributed by atoms with E-state index >= 15 is 0 Å². The van der Waals surface area contributed by atoms with Crippen molar-refractivity contribution in [2.24, 2.45) is 0 Å². The third-order valence-corrected chi connectivity index (χ3v) is 3.77. The number of aromatic nitrogens is 1. The van der Waals surface area contributed by atoms with Crippen LogP contribution in [0, 0.1) is 5.82 Å². The molecule has 1 amide bonds. The van der Waals surface area contributed by atoms with E-state index in [-0.39, 0.29) is 18.5 Å². The fourth-order valence-corrected chi connectivity index (χ4v) is 2.46. The molecule has 6 nitrogen and oxygen atoms in total. The van der Waals surface area contributed by atoms with E-state index in [9.17, 15) is 9.18 Å². The number of carbonyl (C=O) groups is 1. The van der Waals surface area contributed by atoms with Crippen LogP contribution in [0.1, 0.15) is 10.4 Å². The third-order valence-electron chi connectivity index (χ3n) is 3.77. The van der Waals surface area contributed by atoms with E-state index in [1.165, 1.54) is 18.3 Å². The number of rotatable bonds is 4. The van der Waals surface area contributed by atoms with Gasteiger partial charge in [-0.2, -0.15) is 0 Å². The van der Waals surface area contributed by atoms with Crippen molar-refractivity contribution in [1.82, 2.24) is 4.98 Å². The van der Waals surface area contributed by atoms with Gasteiger partial charge in [0.1, 0.15) is 11.6 Å². The Morgan fingerprint density at radius 3 is 2.50 bits per heavy atom. The summed E-state index contributed by atoms with van der Waals surface area (Å²) in [5.41, 5.74) is 1.73. The van der Waals surface area contributed by atoms with Crippen molar-refractivity contribution in [2.75, 3.05) is 17.4 Å². The Morgan fingerprint density at radius 1 is 0.962 bits per heavy atom. The molecule has 7 heteroatoms. The molecule has 0 unspecified atom stereocenters. The fraction of sp³-hybridized carbons (Fsp3) is 0.0526. The van der Waals surface area contributed by atoms with Gasteiger partial charge >= 0.3 is 0 Å². The van der Waals surface area contributed by atoms with Crippen molar-refractivity contribution in [3.8, 4) is 11.5 Å². The smallest absolute Gasteiger partial charge is 0.255 e. The molecule has 0 saturated heterocycles. The van der Waals surface area contributed by atoms with Gasteiger partial charge in [-0.25, -0.2) is 9.37 Å². The summed E-state index contributed by atoms with van der Waals surface area (Å²) >= 11 is 0. The largest absolute Gasteiger partial charge is 0.454 e. The number of benzene rings is 2. The van der Waals surface area contributed by atoms with E-state index in [2.05, 4.69) is 15.6 Å². The minimum absolute atomic E-state index is 0.160. The number of nitrogens with zero attached hydrogens (tertiary/aromatic N) is 1. The Morgan fingerprint density at radius 2 is 1.73 bits per heavy atom. The Kier molecular flexibility index (Phi) is 4.10. The van der Waals surface area contributed by atoms with Crippen LogP contribution in [0.2, 0.25) is 0 Å². The van der Waals surface area contributed by atoms with Gasteiger partial charge in [-0.1, -0.05) is 0 Å². The molecule has 0 fully saturated rings. The molecular formula is C19H14FN3O3. The van der Waals surface area contributed by atoms with Crippen molar-refractivity contribution >= 4 is 23.1 Å². The first-order valence-corrected chi connectivity index (χ1v) is 7.87. The van der Waals surface area contributed by atoms with Gasteiger partial charge in [-0.3, -0.25) is 4.79 Å². The zero-order valence-electron chi connectivity index (χ0n) is 13.5. The van der Waals surface area contributed by atoms with Gasteiger partial charge in [0.2, 0.25) is 6.79 Å². The van der Waals surface area contributed by atoms with Crippen LogP contribution >= 0.6 is 0 Å². The molecule has 3 aromatic rings. The summed E-state index contributed by atoms with van der Waals surface area (Å²) in [5.74, 6) is 1.18. The first-order valence-electron chi connectivity index (χ1n) is 7.87. The van der Waals surface area contributed by atoms with Gasteiger partial charge in [-0.05, 0) is 54.6 Å². The number of ether oxygens (including phenoxy) is 2. The number of fused-ring (bicyclic) bond motifs is 1. The molecule has 0 saturated carbocycles. The van der Waals surface area contributed by atoms with Crippen molar-refractivity contribution in [3.63, 3.8) is 0 Å². The zero-order valence-corrected chi connectivity index (χ0v) is 13.5. The lowest BCUT2D eigenvalue weighted by Gasteiger charge is -2.08. The summed E-state index contributed by atoms with van der Waals surface area (Å²) in [5, 5.41) is 5.82. The maximum absolute atomic E-state index is 12.9. The van der Waals surface area contributed by atoms with Crippen LogP contribution in [0.4, 0.5) is 21.6 Å². The Balaban J connectivity index is 1.42. The number of halogens is 1. The number of hydrogen-bond donors (Lipinski definition) is 2. The molecule has 1 aliphatic rings. The highest BCUT2D eigenvalue weighted by Gasteiger charge is 2.16. The maximum atomic E-state index is 12.9. The summed E-state index contributed by atoms with van der Waals surface area (Å²) in [6.45, 7) is 0.160. The van der Waals surface area contributed by atoms with Gasteiger partial charge in [0.15, 0.2) is 11.5 Å². The lowest BCUT2D eigenvalue weighted by molar-refractivity contribution is 0.102. The molecular weight excluding hydrogens is 337 g/mol. The molecule has 0 spiro atoms. The zero-order chi connectivity index (χ0) is 17.9. The average molecular weight is 351 g/mol. The highest BCUT2D eigenvalue weighted by atomic mass is 19.1. The molecule has 0 aliphatic carbocycles. The molecule has 2 heterocycles. The fourth-order valence-electron chi connectivity index (χ4n) is 2.46. The Labute approximate surface area is 148 Å². The number of carbonyl (C=O) groups excluding carboxylic acids is 1. The van der Waals surface area contributed by atoms with E-state index in [1.807, 2.05) is 0 Å². The monoisotopic (exact) mass is 351 g/mol. The molecule has 0 radical (unpaired) electrons. The highest BCUT2D eigenvalue weighted by Crippen LogP contribution is 2.32. The van der Waals surface area contributed by atoms with E-state index in [4.69, 9.17) is 9.47 Å². The third kappa shape index (κ3) is 3.41. The highest BCUT2D eigenvalue weighted by molar-refractivity contribution is 6.04. The van der Waals surface area contributed by atoms with Gasteiger partial charge in [0, 0.05) is 11.3 Å². The normalized spacial score (nSPS) is 11.9. The second-order valence-corrected chi connectivity index (χ2v) is 5.59. The quantitative estimate of drug-likeness (QED) is 0.745. The van der Waals surface area contributed by atoms with Crippen LogP contribution in [-0.2, 0) is 0 Å². The van der Waals surface area contributed by atoms with Crippen LogP contribution in [0.5, 0.6) is 11.5 Å². The van der Waals surface area contributed by atoms with Gasteiger partial charge in [0.05, 0.1) is 11.9 Å². The van der Waals surface area contributed by atoms with Gasteiger partial charge in [0.25, 0.3) is 5.91 Å². The maximum Gasteiger partial charge on any atom is 0.255 e. The first kappa shape index (κ1) is 15.9. The van der Waals surface area contributed by atoms with Crippen molar-refractivity contribution in [3.05, 3.63) is 72.2 Å². The minimum atomic E-state index is -0.301. The van der Waals surface area contributed by atoms with Crippen LogP contribution in [0.25, 0.3) is 0 Å². The molecule has 1 aromatic heterocycles. The number of hydrogen-bond acceptors (Lipinski definition) is 5. The molecule has 1 aliphatic heterocycles. The first-order chi connectivity index (χ1) is 12.7. The van der Waals surface area contributed by atoms with E-state index in [0.29, 0.717) is 28.6 Å². The standard InChI is InChI=1S/C19H14FN3O3/c20-13-2-4-14(5-3-13)22-18-8-6-15(10-21-18)23-19(24)12-1-7-16-17(9-12)26-11-25-16/h1-10H,11H2,(H,21,22)(H,23,24). The van der Waals surface area contributed by atoms with E-state index in [0.717, 1.165) is 5.69 Å². The predicted octanol–water partition coefficient (Wildman–Crippen LogP) is 3.95. The summed E-state index contributed by atoms with van der Waals surface area (Å²) in [6.07, 6.45) is 1.54. The van der Waals surface area contributed by atoms with Crippen LogP contribution in [0.15, 0.2) is 60.8 Å². The SMILES string of the molecule is O=C(Nc1ccc(Nc2ccc(F)cc2)nc1)c1ccc2c(c1)OCO2. The van der Waals surface area contributed by atoms with Crippen LogP contribution < -0.4 is 20.1 Å². The predicted molar refractivity (Wildman–Crippen MR) is 94.4 cm³/mol. The minimum Gasteiger partial charge on any atom is -0.454 e. The summed E-state index contributed by atoms with van der Waals surface area (Å²) in [7, 11) is 0. The Bertz CT molecular complexity index is 943. The van der Waals surface area contributed by atoms with E-state index in [1.54, 1.807) is 42.5 Å². The number of anilines is 3. The second-order valence-electron chi connectivity index (χ2n) is 5.59. The molecule has 4 rings (SSSR count). The lowest BCUT2D eigenvalue weighted by atomic mass is 10.2. The molecule has 0 atom stereocenters. The number of nitrogens with one attached hydrogen (secondary N) is 2. The van der Waals surface area contributed by atoms with Crippen molar-refractivity contribution < 1.29 is 18.7 Å². The van der Waals surface area contributed by atoms with Gasteiger partial charge in [-0.15, -0.1) is 0 Å². The summed E-state index contributed by atoms with van der Waals surface area (Å²) < 4.78 is 23.4. The molecule has 2 aromatic carbocycles. The van der Waals surface area contributed by atoms with E-state index < -0.39 is 0 Å². The molecule has 0 bridgehead atoms. The van der Waals surface area contributed by atoms with Gasteiger partial charge < -0.3 is 20.1 Å². The average Bonchev–Trinajstić information content (AvgIpc) is 3.13. The molecule has 130 valence electrons. The lowest BCUT2D eigenvalue weighted by Crippen LogP contribution is -2.12. The van der Waals surface area contributed by atoms with Crippen LogP contribution in [0.3, 0.4) is 0 Å². The number of amides is 1. The van der Waals surface area contributed by atoms with Crippen LogP contribution in [-0.4, -0.2) is 17.7 Å². The van der Waals surface area contributed by atoms with Crippen molar-refractivity contribution in [1.29, 1.82) is 0 Å². The van der Waals surface area contributed by atoms with Crippen molar-refractivity contribution in [2.45, 2.75) is 0 Å². The summed E-state index contributed by atoms with van der Waals surface area (Å²) in [6, 6.07) is 14.4. The Hall–Kier alpha value is -3.61. The molecule has 2 N–H and O–H groups in total. The molecule has 26 heavy (non-hydrogen) atoms. The second kappa shape index (κ2) is 6.72. The number of pyridine rings is 1.